The first-order valence-corrected chi connectivity index (χ1v) is 19.6. The van der Waals surface area contributed by atoms with Crippen molar-refractivity contribution in [2.75, 3.05) is 0 Å². The Morgan fingerprint density at radius 2 is 0.873 bits per heavy atom. The van der Waals surface area contributed by atoms with Crippen LogP contribution in [0.25, 0.3) is 33.6 Å². The van der Waals surface area contributed by atoms with Crippen LogP contribution >= 0.6 is 24.4 Å². The normalized spacial score (nSPS) is 9.65. The molecular weight excluding hydrogens is 814 g/mol. The number of hydrogen-bond acceptors (Lipinski definition) is 8. The Balaban J connectivity index is 0.000000988. The molecule has 0 aliphatic rings. The number of carbonyl (C=O) groups excluding carboxylic acids is 1. The van der Waals surface area contributed by atoms with Gasteiger partial charge in [-0.25, -0.2) is 4.79 Å². The van der Waals surface area contributed by atoms with Crippen molar-refractivity contribution in [3.05, 3.63) is 106 Å². The van der Waals surface area contributed by atoms with Gasteiger partial charge in [0.1, 0.15) is 0 Å². The van der Waals surface area contributed by atoms with Crippen LogP contribution in [0.15, 0.2) is 73.3 Å². The topological polar surface area (TPSA) is 151 Å². The number of isothiocyanates is 2. The zero-order valence-corrected chi connectivity index (χ0v) is 35.7. The predicted octanol–water partition coefficient (Wildman–Crippen LogP) is 12.1. The summed E-state index contributed by atoms with van der Waals surface area (Å²) in [5.41, 5.74) is 6.40. The molecule has 0 aliphatic carbocycles. The summed E-state index contributed by atoms with van der Waals surface area (Å²) in [6.45, 7) is 6.02. The molecule has 0 aliphatic heterocycles. The van der Waals surface area contributed by atoms with Crippen molar-refractivity contribution in [3.8, 4) is 22.8 Å². The van der Waals surface area contributed by atoms with E-state index in [4.69, 9.17) is 15.9 Å². The number of aromatic nitrogens is 4. The average molecular weight is 868 g/mol. The van der Waals surface area contributed by atoms with Gasteiger partial charge in [0.15, 0.2) is 5.78 Å². The zero-order chi connectivity index (χ0) is 39.8. The van der Waals surface area contributed by atoms with Crippen LogP contribution < -0.4 is 0 Å². The van der Waals surface area contributed by atoms with E-state index in [2.05, 4.69) is 82.5 Å². The monoisotopic (exact) mass is 868 g/mol. The van der Waals surface area contributed by atoms with E-state index in [1.54, 1.807) is 12.1 Å². The van der Waals surface area contributed by atoms with Gasteiger partial charge in [-0.05, 0) is 92.3 Å². The fourth-order valence-corrected chi connectivity index (χ4v) is 5.61. The molecule has 9 nitrogen and oxygen atoms in total. The molecule has 4 heterocycles. The SMILES string of the molecule is CC(=O)c1ccnc(-c2cc(C(=O)O)ccn2)c1.CCCCCCCCCc1ccnc(-c2cc(CCCCCCCCC)ccn2)c1.[N-]=C=S.[N-]=C=S.[Ru+2]. The molecule has 4 aromatic heterocycles. The fraction of sp³-hybridized carbons (Fsp3) is 0.442. The van der Waals surface area contributed by atoms with Crippen LogP contribution in [0, 0.1) is 0 Å². The second-order valence-corrected chi connectivity index (χ2v) is 13.1. The summed E-state index contributed by atoms with van der Waals surface area (Å²) < 4.78 is 0. The number of Topliss-reactive ketones (excluding diaryl/α,β-unsaturated/α-hetero) is 1. The van der Waals surface area contributed by atoms with Gasteiger partial charge < -0.3 is 15.9 Å². The van der Waals surface area contributed by atoms with Gasteiger partial charge in [-0.15, -0.1) is 0 Å². The Labute approximate surface area is 351 Å². The minimum atomic E-state index is -1.03. The maximum atomic E-state index is 11.3. The van der Waals surface area contributed by atoms with Gasteiger partial charge in [0, 0.05) is 30.4 Å². The Kier molecular flexibility index (Phi) is 30.9. The number of hydrogen-bond donors (Lipinski definition) is 1. The van der Waals surface area contributed by atoms with Gasteiger partial charge in [0.25, 0.3) is 0 Å². The van der Waals surface area contributed by atoms with Gasteiger partial charge in [-0.1, -0.05) is 115 Å². The van der Waals surface area contributed by atoms with Gasteiger partial charge in [-0.3, -0.25) is 24.7 Å². The molecule has 4 rings (SSSR count). The van der Waals surface area contributed by atoms with E-state index >= 15 is 0 Å². The Morgan fingerprint density at radius 3 is 1.24 bits per heavy atom. The van der Waals surface area contributed by atoms with Crippen molar-refractivity contribution in [2.24, 2.45) is 0 Å². The van der Waals surface area contributed by atoms with Crippen molar-refractivity contribution in [3.63, 3.8) is 0 Å². The number of carboxylic acids is 1. The largest absolute Gasteiger partial charge is 2.00 e. The maximum Gasteiger partial charge on any atom is 2.00 e. The summed E-state index contributed by atoms with van der Waals surface area (Å²) in [4.78, 5) is 39.5. The molecule has 0 aromatic carbocycles. The van der Waals surface area contributed by atoms with Crippen molar-refractivity contribution < 1.29 is 34.2 Å². The molecule has 0 radical (unpaired) electrons. The molecule has 1 N–H and O–H groups in total. The van der Waals surface area contributed by atoms with Crippen LogP contribution in [0.2, 0.25) is 0 Å². The third-order valence-electron chi connectivity index (χ3n) is 8.48. The van der Waals surface area contributed by atoms with Crippen LogP contribution in [0.1, 0.15) is 143 Å². The third-order valence-corrected chi connectivity index (χ3v) is 8.48. The molecule has 0 bridgehead atoms. The van der Waals surface area contributed by atoms with Crippen molar-refractivity contribution in [1.82, 2.24) is 19.9 Å². The summed E-state index contributed by atoms with van der Waals surface area (Å²) >= 11 is 7.40. The number of aromatic carboxylic acids is 1. The third kappa shape index (κ3) is 23.5. The molecule has 0 amide bonds. The first-order chi connectivity index (χ1) is 26.2. The summed E-state index contributed by atoms with van der Waals surface area (Å²) in [6.07, 6.45) is 28.1. The number of nitrogens with zero attached hydrogens (tertiary/aromatic N) is 6. The van der Waals surface area contributed by atoms with E-state index in [0.717, 1.165) is 24.2 Å². The molecule has 0 unspecified atom stereocenters. The van der Waals surface area contributed by atoms with Gasteiger partial charge in [0.2, 0.25) is 0 Å². The number of thiocarbonyl (C=S) groups is 2. The molecule has 0 saturated heterocycles. The van der Waals surface area contributed by atoms with E-state index < -0.39 is 5.97 Å². The first-order valence-electron chi connectivity index (χ1n) is 18.8. The number of carbonyl (C=O) groups is 2. The zero-order valence-electron chi connectivity index (χ0n) is 32.4. The maximum absolute atomic E-state index is 11.3. The predicted molar refractivity (Wildman–Crippen MR) is 227 cm³/mol. The van der Waals surface area contributed by atoms with Crippen molar-refractivity contribution >= 4 is 46.5 Å². The number of pyridine rings is 4. The van der Waals surface area contributed by atoms with E-state index in [1.165, 1.54) is 143 Å². The standard InChI is InChI=1S/C28H44N2.C13H10N2O3.2CNS.Ru/c1-3-5-7-9-11-13-15-17-25-19-21-29-27(23-25)28-24-26(20-22-30-28)18-16-14-12-10-8-6-4-2;1-8(16)9-2-4-14-11(6-9)12-7-10(13(17)18)3-5-15-12;2*2-1-3;/h19-24H,3-18H2,1-2H3;2-7H,1H3,(H,17,18);;;/q;;2*-1;+2. The van der Waals surface area contributed by atoms with Crippen LogP contribution in [0.4, 0.5) is 0 Å². The van der Waals surface area contributed by atoms with Crippen molar-refractivity contribution in [1.29, 1.82) is 0 Å². The summed E-state index contributed by atoms with van der Waals surface area (Å²) in [7, 11) is 0. The number of rotatable bonds is 20. The minimum Gasteiger partial charge on any atom is -0.753 e. The molecular formula is C43H54N6O3RuS2. The molecule has 4 aromatic rings. The summed E-state index contributed by atoms with van der Waals surface area (Å²) in [5, 5.41) is 25.8. The van der Waals surface area contributed by atoms with Crippen LogP contribution in [-0.4, -0.2) is 47.1 Å². The molecule has 294 valence electrons. The molecule has 0 atom stereocenters. The van der Waals surface area contributed by atoms with E-state index in [-0.39, 0.29) is 30.8 Å². The summed E-state index contributed by atoms with van der Waals surface area (Å²) in [5.74, 6) is -1.10. The molecule has 0 fully saturated rings. The van der Waals surface area contributed by atoms with Gasteiger partial charge in [-0.2, -0.15) is 10.3 Å². The van der Waals surface area contributed by atoms with Crippen LogP contribution in [0.5, 0.6) is 0 Å². The van der Waals surface area contributed by atoms with Gasteiger partial charge in [0.05, 0.1) is 28.3 Å². The smallest absolute Gasteiger partial charge is 0.753 e. The van der Waals surface area contributed by atoms with Crippen molar-refractivity contribution in [2.45, 2.75) is 124 Å². The number of aryl methyl sites for hydroxylation is 2. The number of ketones is 1. The quantitative estimate of drug-likeness (QED) is 0.0301. The Hall–Kier alpha value is -4.04. The van der Waals surface area contributed by atoms with E-state index in [9.17, 15) is 9.59 Å². The average Bonchev–Trinajstić information content (AvgIpc) is 3.18. The Morgan fingerprint density at radius 1 is 0.564 bits per heavy atom. The molecule has 55 heavy (non-hydrogen) atoms. The van der Waals surface area contributed by atoms with Crippen LogP contribution in [0.3, 0.4) is 0 Å². The second kappa shape index (κ2) is 33.3. The molecule has 0 saturated carbocycles. The van der Waals surface area contributed by atoms with Gasteiger partial charge >= 0.3 is 25.4 Å². The van der Waals surface area contributed by atoms with E-state index in [1.807, 2.05) is 12.4 Å². The fourth-order valence-electron chi connectivity index (χ4n) is 5.61. The second-order valence-electron chi connectivity index (χ2n) is 12.7. The van der Waals surface area contributed by atoms with E-state index in [0.29, 0.717) is 17.0 Å². The molecule has 0 spiro atoms. The molecule has 12 heteroatoms. The summed E-state index contributed by atoms with van der Waals surface area (Å²) in [6, 6.07) is 14.9. The first kappa shape index (κ1) is 51.0. The number of unbranched alkanes of at least 4 members (excludes halogenated alkanes) is 12. The number of carboxylic acid groups (broad SMARTS) is 1. The van der Waals surface area contributed by atoms with Crippen LogP contribution in [-0.2, 0) is 32.3 Å². The minimum absolute atomic E-state index is 0. The Bertz CT molecular complexity index is 1620.